The van der Waals surface area contributed by atoms with E-state index in [4.69, 9.17) is 14.6 Å². The topological polar surface area (TPSA) is 88.0 Å². The molecular formula is C11H15NO5. The summed E-state index contributed by atoms with van der Waals surface area (Å²) >= 11 is 0. The van der Waals surface area contributed by atoms with Gasteiger partial charge in [-0.2, -0.15) is 0 Å². The molecule has 0 bridgehead atoms. The van der Waals surface area contributed by atoms with Crippen molar-refractivity contribution in [1.82, 2.24) is 5.32 Å². The fourth-order valence-corrected chi connectivity index (χ4v) is 1.22. The van der Waals surface area contributed by atoms with E-state index in [1.54, 1.807) is 18.2 Å². The highest BCUT2D eigenvalue weighted by Gasteiger charge is 2.20. The van der Waals surface area contributed by atoms with Crippen LogP contribution in [0.25, 0.3) is 0 Å². The standard InChI is InChI=1S/C9H10O3.C2H5NO2/c10-8-4-2-1-3-7(8)9-11-5-6-12-9;1-3-2(4)5/h1-4,9-10H,5-6H2;3H,1H3,(H,4,5). The number of nitrogens with one attached hydrogen (secondary N) is 1. The van der Waals surface area contributed by atoms with E-state index in [2.05, 4.69) is 0 Å². The molecule has 0 saturated carbocycles. The number of benzene rings is 1. The molecule has 1 fully saturated rings. The summed E-state index contributed by atoms with van der Waals surface area (Å²) in [7, 11) is 1.35. The van der Waals surface area contributed by atoms with Crippen LogP contribution in [0, 0.1) is 0 Å². The fourth-order valence-electron chi connectivity index (χ4n) is 1.22. The van der Waals surface area contributed by atoms with Crippen LogP contribution in [0.5, 0.6) is 5.75 Å². The van der Waals surface area contributed by atoms with Gasteiger partial charge in [-0.05, 0) is 6.07 Å². The van der Waals surface area contributed by atoms with Gasteiger partial charge in [-0.1, -0.05) is 18.2 Å². The summed E-state index contributed by atoms with van der Waals surface area (Å²) in [6.45, 7) is 1.19. The van der Waals surface area contributed by atoms with E-state index in [0.717, 1.165) is 0 Å². The highest BCUT2D eigenvalue weighted by Crippen LogP contribution is 2.29. The molecule has 1 aromatic carbocycles. The minimum atomic E-state index is -0.995. The monoisotopic (exact) mass is 241 g/mol. The quantitative estimate of drug-likeness (QED) is 0.690. The largest absolute Gasteiger partial charge is 0.507 e. The van der Waals surface area contributed by atoms with Crippen LogP contribution in [0.15, 0.2) is 24.3 Å². The second-order valence-electron chi connectivity index (χ2n) is 3.19. The summed E-state index contributed by atoms with van der Waals surface area (Å²) in [5, 5.41) is 19.0. The third-order valence-electron chi connectivity index (χ3n) is 2.03. The molecule has 1 aromatic rings. The van der Waals surface area contributed by atoms with Crippen molar-refractivity contribution in [3.8, 4) is 5.75 Å². The van der Waals surface area contributed by atoms with Gasteiger partial charge in [-0.25, -0.2) is 4.79 Å². The van der Waals surface area contributed by atoms with Crippen LogP contribution in [0.4, 0.5) is 4.79 Å². The van der Waals surface area contributed by atoms with Gasteiger partial charge >= 0.3 is 6.09 Å². The summed E-state index contributed by atoms with van der Waals surface area (Å²) < 4.78 is 10.5. The lowest BCUT2D eigenvalue weighted by Crippen LogP contribution is -2.13. The Bertz CT molecular complexity index is 363. The van der Waals surface area contributed by atoms with Gasteiger partial charge in [0.15, 0.2) is 6.29 Å². The number of phenols is 1. The number of rotatable bonds is 1. The van der Waals surface area contributed by atoms with E-state index < -0.39 is 6.09 Å². The summed E-state index contributed by atoms with van der Waals surface area (Å²) in [5.41, 5.74) is 0.704. The Hall–Kier alpha value is -1.79. The van der Waals surface area contributed by atoms with Crippen LogP contribution in [-0.2, 0) is 9.47 Å². The summed E-state index contributed by atoms with van der Waals surface area (Å²) in [6.07, 6.45) is -1.38. The Morgan fingerprint density at radius 1 is 1.35 bits per heavy atom. The maximum absolute atomic E-state index is 9.41. The van der Waals surface area contributed by atoms with Crippen molar-refractivity contribution in [1.29, 1.82) is 0 Å². The molecule has 1 heterocycles. The van der Waals surface area contributed by atoms with Crippen molar-refractivity contribution < 1.29 is 24.5 Å². The van der Waals surface area contributed by atoms with E-state index in [9.17, 15) is 9.90 Å². The molecule has 1 saturated heterocycles. The lowest BCUT2D eigenvalue weighted by Gasteiger charge is -2.09. The van der Waals surface area contributed by atoms with Gasteiger partial charge in [0, 0.05) is 12.6 Å². The normalized spacial score (nSPS) is 14.9. The molecule has 0 aromatic heterocycles. The van der Waals surface area contributed by atoms with Gasteiger partial charge in [0.1, 0.15) is 5.75 Å². The van der Waals surface area contributed by atoms with E-state index in [0.29, 0.717) is 18.8 Å². The number of carboxylic acid groups (broad SMARTS) is 1. The van der Waals surface area contributed by atoms with Crippen molar-refractivity contribution >= 4 is 6.09 Å². The van der Waals surface area contributed by atoms with Crippen molar-refractivity contribution in [2.75, 3.05) is 20.3 Å². The average molecular weight is 241 g/mol. The molecule has 6 heteroatoms. The lowest BCUT2D eigenvalue weighted by molar-refractivity contribution is -0.0454. The molecule has 0 spiro atoms. The maximum atomic E-state index is 9.41. The van der Waals surface area contributed by atoms with Crippen molar-refractivity contribution in [2.24, 2.45) is 0 Å². The lowest BCUT2D eigenvalue weighted by atomic mass is 10.2. The SMILES string of the molecule is CNC(=O)O.Oc1ccccc1C1OCCO1. The molecule has 94 valence electrons. The molecule has 1 aliphatic rings. The fraction of sp³-hybridized carbons (Fsp3) is 0.364. The van der Waals surface area contributed by atoms with Crippen molar-refractivity contribution in [3.05, 3.63) is 29.8 Å². The van der Waals surface area contributed by atoms with Crippen LogP contribution in [0.2, 0.25) is 0 Å². The minimum absolute atomic E-state index is 0.226. The van der Waals surface area contributed by atoms with E-state index in [1.807, 2.05) is 11.4 Å². The number of aromatic hydroxyl groups is 1. The van der Waals surface area contributed by atoms with E-state index >= 15 is 0 Å². The van der Waals surface area contributed by atoms with Crippen molar-refractivity contribution in [3.63, 3.8) is 0 Å². The van der Waals surface area contributed by atoms with Crippen molar-refractivity contribution in [2.45, 2.75) is 6.29 Å². The van der Waals surface area contributed by atoms with Crippen LogP contribution in [0.3, 0.4) is 0 Å². The Kier molecular flexibility index (Phi) is 5.25. The zero-order valence-electron chi connectivity index (χ0n) is 9.42. The summed E-state index contributed by atoms with van der Waals surface area (Å²) in [4.78, 5) is 9.26. The van der Waals surface area contributed by atoms with Gasteiger partial charge in [0.25, 0.3) is 0 Å². The predicted molar refractivity (Wildman–Crippen MR) is 59.8 cm³/mol. The molecule has 1 aliphatic heterocycles. The first-order valence-corrected chi connectivity index (χ1v) is 5.07. The smallest absolute Gasteiger partial charge is 0.404 e. The summed E-state index contributed by atoms with van der Waals surface area (Å²) in [6, 6.07) is 7.04. The molecule has 0 atom stereocenters. The number of hydrogen-bond acceptors (Lipinski definition) is 4. The Balaban J connectivity index is 0.000000249. The molecule has 2 rings (SSSR count). The minimum Gasteiger partial charge on any atom is -0.507 e. The molecule has 6 nitrogen and oxygen atoms in total. The van der Waals surface area contributed by atoms with Gasteiger partial charge < -0.3 is 25.0 Å². The third-order valence-corrected chi connectivity index (χ3v) is 2.03. The molecular weight excluding hydrogens is 226 g/mol. The predicted octanol–water partition coefficient (Wildman–Crippen LogP) is 1.32. The molecule has 17 heavy (non-hydrogen) atoms. The van der Waals surface area contributed by atoms with Crippen LogP contribution < -0.4 is 5.32 Å². The Morgan fingerprint density at radius 2 is 1.88 bits per heavy atom. The first-order valence-electron chi connectivity index (χ1n) is 5.07. The van der Waals surface area contributed by atoms with E-state index in [1.165, 1.54) is 7.05 Å². The molecule has 1 amide bonds. The average Bonchev–Trinajstić information content (AvgIpc) is 2.84. The van der Waals surface area contributed by atoms with Gasteiger partial charge in [-0.15, -0.1) is 0 Å². The Labute approximate surface area is 98.8 Å². The van der Waals surface area contributed by atoms with Gasteiger partial charge in [-0.3, -0.25) is 0 Å². The molecule has 0 aliphatic carbocycles. The number of hydrogen-bond donors (Lipinski definition) is 3. The number of carbonyl (C=O) groups is 1. The first-order chi connectivity index (χ1) is 8.15. The molecule has 3 N–H and O–H groups in total. The zero-order chi connectivity index (χ0) is 12.7. The number of amides is 1. The maximum Gasteiger partial charge on any atom is 0.404 e. The second kappa shape index (κ2) is 6.72. The van der Waals surface area contributed by atoms with Crippen LogP contribution >= 0.6 is 0 Å². The van der Waals surface area contributed by atoms with E-state index in [-0.39, 0.29) is 12.0 Å². The number of ether oxygens (including phenoxy) is 2. The van der Waals surface area contributed by atoms with Gasteiger partial charge in [0.05, 0.1) is 13.2 Å². The van der Waals surface area contributed by atoms with Crippen LogP contribution in [0.1, 0.15) is 11.9 Å². The zero-order valence-corrected chi connectivity index (χ0v) is 9.42. The number of para-hydroxylation sites is 1. The highest BCUT2D eigenvalue weighted by molar-refractivity contribution is 5.63. The second-order valence-corrected chi connectivity index (χ2v) is 3.19. The van der Waals surface area contributed by atoms with Crippen LogP contribution in [-0.4, -0.2) is 36.6 Å². The molecule has 0 unspecified atom stereocenters. The highest BCUT2D eigenvalue weighted by atomic mass is 16.7. The number of phenolic OH excluding ortho intramolecular Hbond substituents is 1. The summed E-state index contributed by atoms with van der Waals surface area (Å²) in [5.74, 6) is 0.226. The third kappa shape index (κ3) is 4.29. The molecule has 0 radical (unpaired) electrons. The first kappa shape index (κ1) is 13.3. The Morgan fingerprint density at radius 3 is 2.35 bits per heavy atom. The van der Waals surface area contributed by atoms with Gasteiger partial charge in [0.2, 0.25) is 0 Å².